The first-order chi connectivity index (χ1) is 13.3. The molecule has 1 aliphatic rings. The lowest BCUT2D eigenvalue weighted by molar-refractivity contribution is -0.149. The molecule has 0 aliphatic carbocycles. The molecule has 28 heavy (non-hydrogen) atoms. The predicted octanol–water partition coefficient (Wildman–Crippen LogP) is 1.30. The van der Waals surface area contributed by atoms with Gasteiger partial charge in [0.1, 0.15) is 11.5 Å². The molecule has 1 aromatic carbocycles. The zero-order chi connectivity index (χ0) is 20.7. The molecule has 1 heterocycles. The second-order valence-corrected chi connectivity index (χ2v) is 8.51. The molecule has 1 aromatic rings. The Balaban J connectivity index is 1.92. The molecule has 2 rings (SSSR count). The number of carbonyl (C=O) groups is 2. The summed E-state index contributed by atoms with van der Waals surface area (Å²) < 4.78 is 38.6. The average molecular weight is 411 g/mol. The molecule has 9 heteroatoms. The molecule has 0 unspecified atom stereocenters. The maximum atomic E-state index is 12.3. The number of methoxy groups -OCH3 is 2. The molecule has 1 amide bonds. The van der Waals surface area contributed by atoms with E-state index in [0.29, 0.717) is 30.0 Å². The number of hydrogen-bond donors (Lipinski definition) is 0. The zero-order valence-electron chi connectivity index (χ0n) is 16.2. The highest BCUT2D eigenvalue weighted by molar-refractivity contribution is 7.91. The molecule has 0 radical (unpaired) electrons. The van der Waals surface area contributed by atoms with Crippen molar-refractivity contribution in [1.82, 2.24) is 4.90 Å². The van der Waals surface area contributed by atoms with Crippen molar-refractivity contribution in [3.8, 4) is 11.5 Å². The molecular weight excluding hydrogens is 386 g/mol. The van der Waals surface area contributed by atoms with Crippen LogP contribution < -0.4 is 9.47 Å². The Kier molecular flexibility index (Phi) is 7.45. The first kappa shape index (κ1) is 21.7. The van der Waals surface area contributed by atoms with Gasteiger partial charge in [0.25, 0.3) is 5.91 Å². The molecule has 0 bridgehead atoms. The Bertz CT molecular complexity index is 848. The molecule has 8 nitrogen and oxygen atoms in total. The van der Waals surface area contributed by atoms with E-state index in [9.17, 15) is 18.0 Å². The first-order valence-electron chi connectivity index (χ1n) is 8.86. The average Bonchev–Trinajstić information content (AvgIpc) is 3.04. The van der Waals surface area contributed by atoms with Crippen molar-refractivity contribution in [3.05, 3.63) is 29.8 Å². The van der Waals surface area contributed by atoms with Crippen LogP contribution in [-0.2, 0) is 24.2 Å². The van der Waals surface area contributed by atoms with Gasteiger partial charge in [0.15, 0.2) is 16.4 Å². The van der Waals surface area contributed by atoms with Crippen molar-refractivity contribution in [2.45, 2.75) is 19.4 Å². The molecule has 154 valence electrons. The van der Waals surface area contributed by atoms with Gasteiger partial charge in [-0.05, 0) is 31.6 Å². The molecule has 1 atom stereocenters. The van der Waals surface area contributed by atoms with Gasteiger partial charge >= 0.3 is 5.97 Å². The molecule has 1 saturated heterocycles. The Morgan fingerprint density at radius 1 is 1.25 bits per heavy atom. The highest BCUT2D eigenvalue weighted by Crippen LogP contribution is 2.25. The third-order valence-electron chi connectivity index (χ3n) is 4.49. The number of hydrogen-bond acceptors (Lipinski definition) is 7. The number of ether oxygens (including phenoxy) is 3. The quantitative estimate of drug-likeness (QED) is 0.469. The fourth-order valence-corrected chi connectivity index (χ4v) is 4.77. The van der Waals surface area contributed by atoms with Crippen LogP contribution in [0, 0.1) is 0 Å². The standard InChI is InChI=1S/C19H25NO7S/c1-4-20(15-9-10-28(23,24)13-15)18(21)12-27-19(22)8-6-14-5-7-16(25-2)11-17(14)26-3/h5-8,11,15H,4,9-10,12-13H2,1-3H3/b8-6+/t15-/m1/s1. The van der Waals surface area contributed by atoms with Gasteiger partial charge in [-0.1, -0.05) is 0 Å². The van der Waals surface area contributed by atoms with Crippen LogP contribution in [0.2, 0.25) is 0 Å². The SMILES string of the molecule is CCN(C(=O)COC(=O)/C=C/c1ccc(OC)cc1OC)[C@@H]1CCS(=O)(=O)C1. The lowest BCUT2D eigenvalue weighted by Crippen LogP contribution is -2.43. The van der Waals surface area contributed by atoms with Crippen molar-refractivity contribution in [3.63, 3.8) is 0 Å². The Morgan fingerprint density at radius 2 is 2.00 bits per heavy atom. The Labute approximate surface area is 165 Å². The van der Waals surface area contributed by atoms with E-state index in [0.717, 1.165) is 0 Å². The van der Waals surface area contributed by atoms with E-state index in [4.69, 9.17) is 14.2 Å². The molecule has 1 aliphatic heterocycles. The van der Waals surface area contributed by atoms with Gasteiger partial charge in [0.2, 0.25) is 0 Å². The van der Waals surface area contributed by atoms with Crippen molar-refractivity contribution in [2.24, 2.45) is 0 Å². The summed E-state index contributed by atoms with van der Waals surface area (Å²) in [6, 6.07) is 4.78. The normalized spacial score (nSPS) is 18.0. The highest BCUT2D eigenvalue weighted by Gasteiger charge is 2.34. The van der Waals surface area contributed by atoms with E-state index in [-0.39, 0.29) is 17.5 Å². The predicted molar refractivity (Wildman–Crippen MR) is 104 cm³/mol. The summed E-state index contributed by atoms with van der Waals surface area (Å²) in [5.41, 5.74) is 0.651. The van der Waals surface area contributed by atoms with E-state index < -0.39 is 28.3 Å². The smallest absolute Gasteiger partial charge is 0.331 e. The van der Waals surface area contributed by atoms with Gasteiger partial charge in [-0.3, -0.25) is 4.79 Å². The minimum absolute atomic E-state index is 0.0440. The molecular formula is C19H25NO7S. The number of amides is 1. The van der Waals surface area contributed by atoms with Crippen LogP contribution in [0.15, 0.2) is 24.3 Å². The summed E-state index contributed by atoms with van der Waals surface area (Å²) in [7, 11) is -0.0534. The molecule has 0 aromatic heterocycles. The monoisotopic (exact) mass is 411 g/mol. The van der Waals surface area contributed by atoms with Crippen molar-refractivity contribution in [2.75, 3.05) is 38.9 Å². The van der Waals surface area contributed by atoms with Crippen LogP contribution in [0.1, 0.15) is 18.9 Å². The Morgan fingerprint density at radius 3 is 2.57 bits per heavy atom. The summed E-state index contributed by atoms with van der Waals surface area (Å²) in [5, 5.41) is 0. The molecule has 0 saturated carbocycles. The van der Waals surface area contributed by atoms with Crippen molar-refractivity contribution < 1.29 is 32.2 Å². The van der Waals surface area contributed by atoms with Gasteiger partial charge < -0.3 is 19.1 Å². The number of sulfone groups is 1. The number of benzene rings is 1. The summed E-state index contributed by atoms with van der Waals surface area (Å²) in [4.78, 5) is 25.7. The number of rotatable bonds is 8. The summed E-state index contributed by atoms with van der Waals surface area (Å²) in [5.74, 6) is 0.0928. The number of likely N-dealkylation sites (N-methyl/N-ethyl adjacent to an activating group) is 1. The maximum Gasteiger partial charge on any atom is 0.331 e. The fraction of sp³-hybridized carbons (Fsp3) is 0.474. The lowest BCUT2D eigenvalue weighted by atomic mass is 10.2. The topological polar surface area (TPSA) is 99.2 Å². The minimum Gasteiger partial charge on any atom is -0.497 e. The van der Waals surface area contributed by atoms with Crippen LogP contribution >= 0.6 is 0 Å². The highest BCUT2D eigenvalue weighted by atomic mass is 32.2. The number of carbonyl (C=O) groups excluding carboxylic acids is 2. The number of esters is 1. The second kappa shape index (κ2) is 9.59. The van der Waals surface area contributed by atoms with E-state index in [1.54, 1.807) is 32.2 Å². The van der Waals surface area contributed by atoms with Crippen molar-refractivity contribution >= 4 is 27.8 Å². The third kappa shape index (κ3) is 5.72. The first-order valence-corrected chi connectivity index (χ1v) is 10.7. The van der Waals surface area contributed by atoms with E-state index in [1.807, 2.05) is 0 Å². The van der Waals surface area contributed by atoms with Crippen LogP contribution in [0.5, 0.6) is 11.5 Å². The summed E-state index contributed by atoms with van der Waals surface area (Å²) in [6.07, 6.45) is 3.13. The number of nitrogens with zero attached hydrogens (tertiary/aromatic N) is 1. The second-order valence-electron chi connectivity index (χ2n) is 6.29. The third-order valence-corrected chi connectivity index (χ3v) is 6.24. The van der Waals surface area contributed by atoms with Gasteiger partial charge in [-0.25, -0.2) is 13.2 Å². The van der Waals surface area contributed by atoms with E-state index in [1.165, 1.54) is 24.2 Å². The minimum atomic E-state index is -3.10. The van der Waals surface area contributed by atoms with Gasteiger partial charge in [0, 0.05) is 30.3 Å². The van der Waals surface area contributed by atoms with E-state index >= 15 is 0 Å². The Hall–Kier alpha value is -2.55. The van der Waals surface area contributed by atoms with Crippen LogP contribution in [-0.4, -0.2) is 70.1 Å². The van der Waals surface area contributed by atoms with Gasteiger partial charge in [0.05, 0.1) is 25.7 Å². The van der Waals surface area contributed by atoms with Crippen LogP contribution in [0.25, 0.3) is 6.08 Å². The zero-order valence-corrected chi connectivity index (χ0v) is 17.0. The largest absolute Gasteiger partial charge is 0.497 e. The van der Waals surface area contributed by atoms with Gasteiger partial charge in [-0.15, -0.1) is 0 Å². The molecule has 0 N–H and O–H groups in total. The lowest BCUT2D eigenvalue weighted by Gasteiger charge is -2.26. The van der Waals surface area contributed by atoms with Crippen LogP contribution in [0.3, 0.4) is 0 Å². The maximum absolute atomic E-state index is 12.3. The molecule has 0 spiro atoms. The van der Waals surface area contributed by atoms with E-state index in [2.05, 4.69) is 0 Å². The molecule has 1 fully saturated rings. The fourth-order valence-electron chi connectivity index (χ4n) is 3.04. The summed E-state index contributed by atoms with van der Waals surface area (Å²) in [6.45, 7) is 1.68. The summed E-state index contributed by atoms with van der Waals surface area (Å²) >= 11 is 0. The van der Waals surface area contributed by atoms with Crippen molar-refractivity contribution in [1.29, 1.82) is 0 Å². The van der Waals surface area contributed by atoms with Gasteiger partial charge in [-0.2, -0.15) is 0 Å². The van der Waals surface area contributed by atoms with Crippen LogP contribution in [0.4, 0.5) is 0 Å².